The third-order valence-electron chi connectivity index (χ3n) is 2.78. The molecule has 13 heavy (non-hydrogen) atoms. The zero-order chi connectivity index (χ0) is 10.4. The van der Waals surface area contributed by atoms with Gasteiger partial charge in [-0.1, -0.05) is 20.8 Å². The van der Waals surface area contributed by atoms with Gasteiger partial charge in [0.1, 0.15) is 0 Å². The van der Waals surface area contributed by atoms with Gasteiger partial charge in [0.15, 0.2) is 0 Å². The Morgan fingerprint density at radius 2 is 1.69 bits per heavy atom. The van der Waals surface area contributed by atoms with Crippen LogP contribution < -0.4 is 0 Å². The summed E-state index contributed by atoms with van der Waals surface area (Å²) in [6.45, 7) is 13.7. The van der Waals surface area contributed by atoms with Gasteiger partial charge in [-0.2, -0.15) is 12.6 Å². The molecule has 1 nitrogen and oxygen atoms in total. The molecule has 1 atom stereocenters. The Morgan fingerprint density at radius 3 is 1.92 bits per heavy atom. The molecular weight excluding hydrogens is 178 g/mol. The Kier molecular flexibility index (Phi) is 6.88. The molecule has 0 saturated heterocycles. The average Bonchev–Trinajstić information content (AvgIpc) is 2.05. The second-order valence-corrected chi connectivity index (χ2v) is 4.73. The van der Waals surface area contributed by atoms with Crippen LogP contribution in [0.15, 0.2) is 0 Å². The monoisotopic (exact) mass is 203 g/mol. The van der Waals surface area contributed by atoms with Crippen molar-refractivity contribution >= 4 is 12.6 Å². The lowest BCUT2D eigenvalue weighted by Gasteiger charge is -2.30. The first-order chi connectivity index (χ1) is 6.02. The number of rotatable bonds is 6. The topological polar surface area (TPSA) is 3.24 Å². The Hall–Kier alpha value is 0.310. The third-order valence-corrected chi connectivity index (χ3v) is 3.25. The van der Waals surface area contributed by atoms with E-state index in [1.54, 1.807) is 0 Å². The van der Waals surface area contributed by atoms with Crippen LogP contribution in [-0.2, 0) is 0 Å². The minimum Gasteiger partial charge on any atom is -0.301 e. The third kappa shape index (κ3) is 4.92. The van der Waals surface area contributed by atoms with Crippen molar-refractivity contribution in [1.82, 2.24) is 4.90 Å². The quantitative estimate of drug-likeness (QED) is 0.650. The van der Waals surface area contributed by atoms with E-state index in [1.165, 1.54) is 6.54 Å². The summed E-state index contributed by atoms with van der Waals surface area (Å²) in [4.78, 5) is 2.51. The molecular formula is C11H25NS. The van der Waals surface area contributed by atoms with Crippen molar-refractivity contribution < 1.29 is 0 Å². The van der Waals surface area contributed by atoms with Crippen LogP contribution in [0.25, 0.3) is 0 Å². The van der Waals surface area contributed by atoms with Crippen molar-refractivity contribution in [2.45, 2.75) is 40.7 Å². The van der Waals surface area contributed by atoms with Gasteiger partial charge in [0.25, 0.3) is 0 Å². The second kappa shape index (κ2) is 6.72. The van der Waals surface area contributed by atoms with Crippen LogP contribution in [0, 0.1) is 11.8 Å². The largest absolute Gasteiger partial charge is 0.301 e. The highest BCUT2D eigenvalue weighted by atomic mass is 32.1. The van der Waals surface area contributed by atoms with Gasteiger partial charge in [-0.3, -0.25) is 0 Å². The fraction of sp³-hybridized carbons (Fsp3) is 1.00. The maximum Gasteiger partial charge on any atom is 0.00385 e. The summed E-state index contributed by atoms with van der Waals surface area (Å²) in [5.74, 6) is 2.47. The van der Waals surface area contributed by atoms with Crippen molar-refractivity contribution in [3.63, 3.8) is 0 Å². The van der Waals surface area contributed by atoms with Crippen LogP contribution in [0.4, 0.5) is 0 Å². The SMILES string of the molecule is CCN(CC(CS)C(C)C)C(C)C. The number of thiol groups is 1. The van der Waals surface area contributed by atoms with Crippen LogP contribution in [0.5, 0.6) is 0 Å². The number of hydrogen-bond donors (Lipinski definition) is 1. The highest BCUT2D eigenvalue weighted by Crippen LogP contribution is 2.15. The van der Waals surface area contributed by atoms with Crippen molar-refractivity contribution in [1.29, 1.82) is 0 Å². The van der Waals surface area contributed by atoms with Gasteiger partial charge in [0, 0.05) is 12.6 Å². The maximum absolute atomic E-state index is 4.41. The molecule has 0 fully saturated rings. The van der Waals surface area contributed by atoms with E-state index in [0.717, 1.165) is 24.1 Å². The van der Waals surface area contributed by atoms with Crippen molar-refractivity contribution in [3.8, 4) is 0 Å². The summed E-state index contributed by atoms with van der Waals surface area (Å²) in [7, 11) is 0. The molecule has 0 aliphatic carbocycles. The molecule has 0 aliphatic rings. The molecule has 0 spiro atoms. The van der Waals surface area contributed by atoms with Crippen LogP contribution in [0.1, 0.15) is 34.6 Å². The molecule has 0 saturated carbocycles. The second-order valence-electron chi connectivity index (χ2n) is 4.37. The van der Waals surface area contributed by atoms with E-state index < -0.39 is 0 Å². The maximum atomic E-state index is 4.41. The molecule has 0 aromatic carbocycles. The van der Waals surface area contributed by atoms with E-state index in [-0.39, 0.29) is 0 Å². The highest BCUT2D eigenvalue weighted by molar-refractivity contribution is 7.80. The summed E-state index contributed by atoms with van der Waals surface area (Å²) < 4.78 is 0. The normalized spacial score (nSPS) is 14.5. The fourth-order valence-corrected chi connectivity index (χ4v) is 2.02. The summed E-state index contributed by atoms with van der Waals surface area (Å²) in [5.41, 5.74) is 0. The summed E-state index contributed by atoms with van der Waals surface area (Å²) >= 11 is 4.41. The molecule has 0 aromatic heterocycles. The van der Waals surface area contributed by atoms with Crippen LogP contribution in [0.3, 0.4) is 0 Å². The van der Waals surface area contributed by atoms with E-state index in [0.29, 0.717) is 6.04 Å². The molecule has 0 aromatic rings. The summed E-state index contributed by atoms with van der Waals surface area (Å²) in [6, 6.07) is 0.658. The van der Waals surface area contributed by atoms with E-state index in [1.807, 2.05) is 0 Å². The van der Waals surface area contributed by atoms with Gasteiger partial charge in [-0.05, 0) is 38.0 Å². The Balaban J connectivity index is 4.03. The first-order valence-electron chi connectivity index (χ1n) is 5.37. The zero-order valence-electron chi connectivity index (χ0n) is 9.75. The number of hydrogen-bond acceptors (Lipinski definition) is 2. The van der Waals surface area contributed by atoms with Crippen molar-refractivity contribution in [2.24, 2.45) is 11.8 Å². The Morgan fingerprint density at radius 1 is 1.15 bits per heavy atom. The number of nitrogens with zero attached hydrogens (tertiary/aromatic N) is 1. The molecule has 0 N–H and O–H groups in total. The standard InChI is InChI=1S/C11H25NS/c1-6-12(10(4)5)7-11(8-13)9(2)3/h9-11,13H,6-8H2,1-5H3. The Bertz CT molecular complexity index is 109. The molecule has 0 rings (SSSR count). The molecule has 0 amide bonds. The van der Waals surface area contributed by atoms with Crippen molar-refractivity contribution in [2.75, 3.05) is 18.8 Å². The fourth-order valence-electron chi connectivity index (χ4n) is 1.49. The van der Waals surface area contributed by atoms with Gasteiger partial charge >= 0.3 is 0 Å². The molecule has 0 heterocycles. The summed E-state index contributed by atoms with van der Waals surface area (Å²) in [6.07, 6.45) is 0. The van der Waals surface area contributed by atoms with Gasteiger partial charge < -0.3 is 4.90 Å². The predicted molar refractivity (Wildman–Crippen MR) is 64.6 cm³/mol. The summed E-state index contributed by atoms with van der Waals surface area (Å²) in [5, 5.41) is 0. The lowest BCUT2D eigenvalue weighted by atomic mass is 9.97. The molecule has 80 valence electrons. The van der Waals surface area contributed by atoms with Crippen LogP contribution >= 0.6 is 12.6 Å². The predicted octanol–water partition coefficient (Wildman–Crippen LogP) is 2.92. The van der Waals surface area contributed by atoms with E-state index in [9.17, 15) is 0 Å². The van der Waals surface area contributed by atoms with Gasteiger partial charge in [0.05, 0.1) is 0 Å². The highest BCUT2D eigenvalue weighted by Gasteiger charge is 2.16. The first-order valence-corrected chi connectivity index (χ1v) is 6.01. The lowest BCUT2D eigenvalue weighted by Crippen LogP contribution is -2.37. The van der Waals surface area contributed by atoms with Crippen molar-refractivity contribution in [3.05, 3.63) is 0 Å². The lowest BCUT2D eigenvalue weighted by molar-refractivity contribution is 0.184. The van der Waals surface area contributed by atoms with Crippen LogP contribution in [0.2, 0.25) is 0 Å². The van der Waals surface area contributed by atoms with E-state index in [4.69, 9.17) is 0 Å². The van der Waals surface area contributed by atoms with Gasteiger partial charge in [-0.15, -0.1) is 0 Å². The Labute approximate surface area is 89.3 Å². The average molecular weight is 203 g/mol. The molecule has 1 unspecified atom stereocenters. The zero-order valence-corrected chi connectivity index (χ0v) is 10.6. The molecule has 0 bridgehead atoms. The molecule has 2 heteroatoms. The van der Waals surface area contributed by atoms with Crippen LogP contribution in [-0.4, -0.2) is 29.8 Å². The smallest absolute Gasteiger partial charge is 0.00385 e. The van der Waals surface area contributed by atoms with Gasteiger partial charge in [-0.25, -0.2) is 0 Å². The van der Waals surface area contributed by atoms with Gasteiger partial charge in [0.2, 0.25) is 0 Å². The first kappa shape index (κ1) is 13.3. The molecule has 0 radical (unpaired) electrons. The molecule has 0 aliphatic heterocycles. The van der Waals surface area contributed by atoms with E-state index >= 15 is 0 Å². The van der Waals surface area contributed by atoms with E-state index in [2.05, 4.69) is 52.1 Å². The minimum absolute atomic E-state index is 0.658. The minimum atomic E-state index is 0.658.